The lowest BCUT2D eigenvalue weighted by Crippen LogP contribution is -2.23. The molecule has 1 heterocycles. The summed E-state index contributed by atoms with van der Waals surface area (Å²) in [4.78, 5) is 4.25. The van der Waals surface area contributed by atoms with Crippen molar-refractivity contribution in [1.82, 2.24) is 9.71 Å². The highest BCUT2D eigenvalue weighted by Gasteiger charge is 2.14. The summed E-state index contributed by atoms with van der Waals surface area (Å²) in [7, 11) is -2.08. The Morgan fingerprint density at radius 1 is 1.04 bits per heavy atom. The van der Waals surface area contributed by atoms with E-state index in [4.69, 9.17) is 21.1 Å². The molecule has 0 aliphatic rings. The van der Waals surface area contributed by atoms with Crippen LogP contribution in [0.2, 0.25) is 5.02 Å². The highest BCUT2D eigenvalue weighted by molar-refractivity contribution is 7.89. The van der Waals surface area contributed by atoms with E-state index < -0.39 is 10.0 Å². The minimum absolute atomic E-state index is 0.0936. The first-order valence-corrected chi connectivity index (χ1v) is 9.84. The Morgan fingerprint density at radius 3 is 2.48 bits per heavy atom. The van der Waals surface area contributed by atoms with Crippen LogP contribution in [0.25, 0.3) is 0 Å². The van der Waals surface area contributed by atoms with Gasteiger partial charge in [0, 0.05) is 23.8 Å². The summed E-state index contributed by atoms with van der Waals surface area (Å²) in [5.41, 5.74) is 0.708. The SMILES string of the molecule is COc1ccc(Oc2cc(CNS(=O)(=O)c3cccc(Cl)c3)ccn2)cc1. The maximum Gasteiger partial charge on any atom is 0.240 e. The van der Waals surface area contributed by atoms with E-state index >= 15 is 0 Å². The molecule has 0 unspecified atom stereocenters. The molecule has 0 amide bonds. The number of aromatic nitrogens is 1. The van der Waals surface area contributed by atoms with E-state index in [0.717, 1.165) is 5.75 Å². The molecule has 0 saturated heterocycles. The van der Waals surface area contributed by atoms with Crippen LogP contribution in [-0.4, -0.2) is 20.5 Å². The molecule has 3 aromatic rings. The zero-order valence-corrected chi connectivity index (χ0v) is 16.0. The summed E-state index contributed by atoms with van der Waals surface area (Å²) >= 11 is 5.86. The van der Waals surface area contributed by atoms with Gasteiger partial charge in [-0.25, -0.2) is 18.1 Å². The lowest BCUT2D eigenvalue weighted by atomic mass is 10.3. The Labute approximate surface area is 162 Å². The highest BCUT2D eigenvalue weighted by Crippen LogP contribution is 2.23. The molecule has 0 saturated carbocycles. The number of benzene rings is 2. The minimum Gasteiger partial charge on any atom is -0.497 e. The molecule has 0 aliphatic heterocycles. The molecule has 27 heavy (non-hydrogen) atoms. The molecule has 0 spiro atoms. The molecule has 1 N–H and O–H groups in total. The summed E-state index contributed by atoms with van der Waals surface area (Å²) in [5.74, 6) is 1.68. The topological polar surface area (TPSA) is 77.5 Å². The Bertz CT molecular complexity index is 1020. The molecule has 0 aliphatic carbocycles. The Hall–Kier alpha value is -2.61. The molecule has 8 heteroatoms. The number of ether oxygens (including phenoxy) is 2. The van der Waals surface area contributed by atoms with Crippen LogP contribution in [0.4, 0.5) is 0 Å². The fourth-order valence-corrected chi connectivity index (χ4v) is 3.59. The second kappa shape index (κ2) is 8.39. The number of sulfonamides is 1. The zero-order valence-electron chi connectivity index (χ0n) is 14.4. The number of nitrogens with one attached hydrogen (secondary N) is 1. The zero-order chi connectivity index (χ0) is 19.3. The monoisotopic (exact) mass is 404 g/mol. The van der Waals surface area contributed by atoms with Crippen molar-refractivity contribution in [1.29, 1.82) is 0 Å². The number of halogens is 1. The van der Waals surface area contributed by atoms with E-state index in [-0.39, 0.29) is 11.4 Å². The Morgan fingerprint density at radius 2 is 1.78 bits per heavy atom. The molecule has 3 rings (SSSR count). The first-order chi connectivity index (χ1) is 13.0. The number of rotatable bonds is 7. The third kappa shape index (κ3) is 5.19. The molecule has 6 nitrogen and oxygen atoms in total. The summed E-state index contributed by atoms with van der Waals surface area (Å²) in [5, 5.41) is 0.358. The van der Waals surface area contributed by atoms with Crippen molar-refractivity contribution in [2.24, 2.45) is 0 Å². The molecule has 140 valence electrons. The van der Waals surface area contributed by atoms with E-state index in [2.05, 4.69) is 9.71 Å². The summed E-state index contributed by atoms with van der Waals surface area (Å²) in [6.45, 7) is 0.0936. The normalized spacial score (nSPS) is 11.2. The second-order valence-electron chi connectivity index (χ2n) is 5.56. The van der Waals surface area contributed by atoms with Crippen molar-refractivity contribution in [2.75, 3.05) is 7.11 Å². The summed E-state index contributed by atoms with van der Waals surface area (Å²) in [6.07, 6.45) is 1.56. The molecular formula is C19H17ClN2O4S. The maximum atomic E-state index is 12.4. The lowest BCUT2D eigenvalue weighted by Gasteiger charge is -2.09. The molecule has 0 atom stereocenters. The van der Waals surface area contributed by atoms with E-state index in [1.54, 1.807) is 61.8 Å². The molecule has 1 aromatic heterocycles. The van der Waals surface area contributed by atoms with E-state index in [9.17, 15) is 8.42 Å². The van der Waals surface area contributed by atoms with Crippen LogP contribution in [0.5, 0.6) is 17.4 Å². The predicted octanol–water partition coefficient (Wildman–Crippen LogP) is 4.01. The quantitative estimate of drug-likeness (QED) is 0.643. The van der Waals surface area contributed by atoms with Gasteiger partial charge in [0.2, 0.25) is 15.9 Å². The van der Waals surface area contributed by atoms with Gasteiger partial charge in [-0.05, 0) is 54.1 Å². The molecular weight excluding hydrogens is 388 g/mol. The van der Waals surface area contributed by atoms with Crippen molar-refractivity contribution in [3.05, 3.63) is 77.4 Å². The van der Waals surface area contributed by atoms with Gasteiger partial charge in [0.15, 0.2) is 0 Å². The predicted molar refractivity (Wildman–Crippen MR) is 103 cm³/mol. The summed E-state index contributed by atoms with van der Waals surface area (Å²) < 4.78 is 38.1. The molecule has 2 aromatic carbocycles. The largest absolute Gasteiger partial charge is 0.497 e. The number of methoxy groups -OCH3 is 1. The fourth-order valence-electron chi connectivity index (χ4n) is 2.28. The number of hydrogen-bond acceptors (Lipinski definition) is 5. The van der Waals surface area contributed by atoms with Gasteiger partial charge in [-0.3, -0.25) is 0 Å². The number of hydrogen-bond donors (Lipinski definition) is 1. The van der Waals surface area contributed by atoms with Gasteiger partial charge in [-0.1, -0.05) is 17.7 Å². The third-order valence-electron chi connectivity index (χ3n) is 3.65. The third-order valence-corrected chi connectivity index (χ3v) is 5.29. The van der Waals surface area contributed by atoms with Gasteiger partial charge >= 0.3 is 0 Å². The average Bonchev–Trinajstić information content (AvgIpc) is 2.67. The standard InChI is InChI=1S/C19H17ClN2O4S/c1-25-16-5-7-17(8-6-16)26-19-11-14(9-10-21-19)13-22-27(23,24)18-4-2-3-15(20)12-18/h2-12,22H,13H2,1H3. The van der Waals surface area contributed by atoms with Crippen LogP contribution in [-0.2, 0) is 16.6 Å². The van der Waals surface area contributed by atoms with Gasteiger partial charge in [-0.15, -0.1) is 0 Å². The van der Waals surface area contributed by atoms with Crippen LogP contribution in [0.1, 0.15) is 5.56 Å². The van der Waals surface area contributed by atoms with Crippen LogP contribution in [0.15, 0.2) is 71.8 Å². The average molecular weight is 405 g/mol. The van der Waals surface area contributed by atoms with Gasteiger partial charge < -0.3 is 9.47 Å². The summed E-state index contributed by atoms with van der Waals surface area (Å²) in [6, 6.07) is 16.5. The first kappa shape index (κ1) is 19.2. The molecule has 0 fully saturated rings. The minimum atomic E-state index is -3.67. The van der Waals surface area contributed by atoms with Crippen LogP contribution >= 0.6 is 11.6 Å². The van der Waals surface area contributed by atoms with Crippen LogP contribution in [0, 0.1) is 0 Å². The smallest absolute Gasteiger partial charge is 0.240 e. The van der Waals surface area contributed by atoms with E-state index in [0.29, 0.717) is 22.2 Å². The maximum absolute atomic E-state index is 12.4. The second-order valence-corrected chi connectivity index (χ2v) is 7.77. The van der Waals surface area contributed by atoms with E-state index in [1.807, 2.05) is 0 Å². The van der Waals surface area contributed by atoms with Gasteiger partial charge in [0.1, 0.15) is 11.5 Å². The van der Waals surface area contributed by atoms with Crippen molar-refractivity contribution in [3.63, 3.8) is 0 Å². The fraction of sp³-hybridized carbons (Fsp3) is 0.105. The van der Waals surface area contributed by atoms with Gasteiger partial charge in [-0.2, -0.15) is 0 Å². The Kier molecular flexibility index (Phi) is 5.95. The lowest BCUT2D eigenvalue weighted by molar-refractivity contribution is 0.412. The van der Waals surface area contributed by atoms with Gasteiger partial charge in [0.25, 0.3) is 0 Å². The van der Waals surface area contributed by atoms with Crippen LogP contribution in [0.3, 0.4) is 0 Å². The van der Waals surface area contributed by atoms with Gasteiger partial charge in [0.05, 0.1) is 12.0 Å². The van der Waals surface area contributed by atoms with Crippen molar-refractivity contribution in [3.8, 4) is 17.4 Å². The highest BCUT2D eigenvalue weighted by atomic mass is 35.5. The molecule has 0 radical (unpaired) electrons. The van der Waals surface area contributed by atoms with Crippen LogP contribution < -0.4 is 14.2 Å². The van der Waals surface area contributed by atoms with Crippen molar-refractivity contribution < 1.29 is 17.9 Å². The van der Waals surface area contributed by atoms with E-state index in [1.165, 1.54) is 12.1 Å². The number of nitrogens with zero attached hydrogens (tertiary/aromatic N) is 1. The Balaban J connectivity index is 1.68. The number of pyridine rings is 1. The first-order valence-electron chi connectivity index (χ1n) is 7.98. The molecule has 0 bridgehead atoms. The van der Waals surface area contributed by atoms with Crippen molar-refractivity contribution >= 4 is 21.6 Å². The van der Waals surface area contributed by atoms with Crippen molar-refractivity contribution in [2.45, 2.75) is 11.4 Å².